The van der Waals surface area contributed by atoms with Crippen molar-refractivity contribution in [2.45, 2.75) is 38.5 Å². The summed E-state index contributed by atoms with van der Waals surface area (Å²) in [5.74, 6) is -0.613. The highest BCUT2D eigenvalue weighted by Gasteiger charge is 2.40. The molecule has 1 atom stereocenters. The van der Waals surface area contributed by atoms with Crippen molar-refractivity contribution in [3.8, 4) is 11.5 Å². The van der Waals surface area contributed by atoms with Gasteiger partial charge in [-0.15, -0.1) is 0 Å². The molecule has 2 aliphatic heterocycles. The zero-order chi connectivity index (χ0) is 17.5. The Labute approximate surface area is 138 Å². The Hall–Kier alpha value is -2.77. The minimum atomic E-state index is -0.790. The zero-order valence-corrected chi connectivity index (χ0v) is 13.6. The number of anilines is 1. The van der Waals surface area contributed by atoms with E-state index in [1.165, 1.54) is 7.11 Å². The molecule has 0 saturated carbocycles. The largest absolute Gasteiger partial charge is 0.469 e. The third kappa shape index (κ3) is 2.86. The number of carbonyl (C=O) groups is 3. The predicted octanol–water partition coefficient (Wildman–Crippen LogP) is 1.57. The first-order valence-electron chi connectivity index (χ1n) is 7.54. The van der Waals surface area contributed by atoms with E-state index in [4.69, 9.17) is 9.47 Å². The van der Waals surface area contributed by atoms with Crippen LogP contribution >= 0.6 is 0 Å². The lowest BCUT2D eigenvalue weighted by Crippen LogP contribution is -2.31. The third-order valence-corrected chi connectivity index (χ3v) is 3.78. The van der Waals surface area contributed by atoms with Crippen LogP contribution in [0.4, 0.5) is 10.5 Å². The van der Waals surface area contributed by atoms with Crippen LogP contribution in [0.25, 0.3) is 0 Å². The number of hydrogen-bond donors (Lipinski definition) is 1. The summed E-state index contributed by atoms with van der Waals surface area (Å²) in [7, 11) is 1.28. The highest BCUT2D eigenvalue weighted by molar-refractivity contribution is 6.21. The molecule has 2 aliphatic rings. The Morgan fingerprint density at radius 2 is 2.00 bits per heavy atom. The topological polar surface area (TPSA) is 94.2 Å². The Balaban J connectivity index is 1.77. The van der Waals surface area contributed by atoms with Gasteiger partial charge in [0.25, 0.3) is 5.91 Å². The lowest BCUT2D eigenvalue weighted by Gasteiger charge is -2.16. The molecular weight excluding hydrogens is 316 g/mol. The van der Waals surface area contributed by atoms with Crippen molar-refractivity contribution in [3.05, 3.63) is 18.2 Å². The molecule has 3 rings (SSSR count). The number of rotatable bonds is 4. The van der Waals surface area contributed by atoms with Crippen molar-refractivity contribution in [2.75, 3.05) is 12.0 Å². The average molecular weight is 334 g/mol. The minimum Gasteiger partial charge on any atom is -0.469 e. The molecule has 1 N–H and O–H groups in total. The molecule has 2 heterocycles. The second-order valence-electron chi connectivity index (χ2n) is 6.03. The molecule has 0 bridgehead atoms. The number of fused-ring (bicyclic) bond motifs is 1. The summed E-state index contributed by atoms with van der Waals surface area (Å²) in [6.45, 7) is 3.53. The molecule has 0 radical (unpaired) electrons. The fraction of sp³-hybridized carbons (Fsp3) is 0.438. The van der Waals surface area contributed by atoms with Crippen molar-refractivity contribution in [1.82, 2.24) is 5.32 Å². The van der Waals surface area contributed by atoms with Gasteiger partial charge in [-0.2, -0.15) is 0 Å². The standard InChI is InChI=1S/C16H18N2O6/c1-16(2)23-11-6-4-9(8-12(11)24-16)18-14(20)10(17-15(18)21)5-7-13(19)22-3/h4,6,8,10H,5,7H2,1-3H3,(H,17,21)/t10-/m1/s1. The van der Waals surface area contributed by atoms with Gasteiger partial charge >= 0.3 is 12.0 Å². The van der Waals surface area contributed by atoms with Gasteiger partial charge in [-0.05, 0) is 18.6 Å². The van der Waals surface area contributed by atoms with Gasteiger partial charge in [0.05, 0.1) is 12.8 Å². The Bertz CT molecular complexity index is 715. The van der Waals surface area contributed by atoms with E-state index in [-0.39, 0.29) is 12.8 Å². The third-order valence-electron chi connectivity index (χ3n) is 3.78. The Morgan fingerprint density at radius 3 is 2.71 bits per heavy atom. The molecular formula is C16H18N2O6. The van der Waals surface area contributed by atoms with Gasteiger partial charge in [-0.1, -0.05) is 0 Å². The number of hydrogen-bond acceptors (Lipinski definition) is 6. The molecule has 24 heavy (non-hydrogen) atoms. The maximum absolute atomic E-state index is 12.5. The Morgan fingerprint density at radius 1 is 1.29 bits per heavy atom. The number of urea groups is 1. The van der Waals surface area contributed by atoms with E-state index < -0.39 is 29.7 Å². The van der Waals surface area contributed by atoms with Crippen molar-refractivity contribution in [3.63, 3.8) is 0 Å². The lowest BCUT2D eigenvalue weighted by atomic mass is 10.1. The summed E-state index contributed by atoms with van der Waals surface area (Å²) in [6.07, 6.45) is 0.238. The number of carbonyl (C=O) groups excluding carboxylic acids is 3. The number of imide groups is 1. The van der Waals surface area contributed by atoms with E-state index in [1.54, 1.807) is 32.0 Å². The van der Waals surface area contributed by atoms with Gasteiger partial charge in [0.1, 0.15) is 6.04 Å². The van der Waals surface area contributed by atoms with Gasteiger partial charge in [0.2, 0.25) is 5.79 Å². The van der Waals surface area contributed by atoms with Crippen molar-refractivity contribution in [1.29, 1.82) is 0 Å². The normalized spacial score (nSPS) is 21.0. The highest BCUT2D eigenvalue weighted by Crippen LogP contribution is 2.41. The molecule has 1 aromatic carbocycles. The van der Waals surface area contributed by atoms with E-state index in [0.717, 1.165) is 4.90 Å². The quantitative estimate of drug-likeness (QED) is 0.663. The van der Waals surface area contributed by atoms with Gasteiger partial charge < -0.3 is 19.5 Å². The van der Waals surface area contributed by atoms with Gasteiger partial charge in [0, 0.05) is 26.3 Å². The summed E-state index contributed by atoms with van der Waals surface area (Å²) < 4.78 is 15.8. The van der Waals surface area contributed by atoms with E-state index in [0.29, 0.717) is 17.2 Å². The first-order valence-corrected chi connectivity index (χ1v) is 7.54. The van der Waals surface area contributed by atoms with Crippen LogP contribution in [0.2, 0.25) is 0 Å². The number of esters is 1. The summed E-state index contributed by atoms with van der Waals surface area (Å²) >= 11 is 0. The van der Waals surface area contributed by atoms with Gasteiger partial charge in [-0.3, -0.25) is 9.59 Å². The molecule has 8 nitrogen and oxygen atoms in total. The number of ether oxygens (including phenoxy) is 3. The van der Waals surface area contributed by atoms with Crippen LogP contribution in [0.1, 0.15) is 26.7 Å². The van der Waals surface area contributed by atoms with Crippen LogP contribution in [-0.4, -0.2) is 36.8 Å². The second kappa shape index (κ2) is 5.70. The molecule has 0 unspecified atom stereocenters. The predicted molar refractivity (Wildman–Crippen MR) is 82.8 cm³/mol. The van der Waals surface area contributed by atoms with E-state index in [1.807, 2.05) is 0 Å². The minimum absolute atomic E-state index is 0.0519. The van der Waals surface area contributed by atoms with E-state index >= 15 is 0 Å². The molecule has 1 aromatic rings. The van der Waals surface area contributed by atoms with Gasteiger partial charge in [0.15, 0.2) is 11.5 Å². The second-order valence-corrected chi connectivity index (χ2v) is 6.03. The zero-order valence-electron chi connectivity index (χ0n) is 13.6. The molecule has 128 valence electrons. The summed E-state index contributed by atoms with van der Waals surface area (Å²) in [5.41, 5.74) is 0.387. The maximum Gasteiger partial charge on any atom is 0.329 e. The lowest BCUT2D eigenvalue weighted by molar-refractivity contribution is -0.140. The summed E-state index contributed by atoms with van der Waals surface area (Å²) in [5, 5.41) is 2.57. The highest BCUT2D eigenvalue weighted by atomic mass is 16.7. The molecule has 1 fully saturated rings. The van der Waals surface area contributed by atoms with E-state index in [9.17, 15) is 14.4 Å². The first kappa shape index (κ1) is 16.1. The van der Waals surface area contributed by atoms with Crippen LogP contribution in [0, 0.1) is 0 Å². The average Bonchev–Trinajstić information content (AvgIpc) is 2.98. The Kier molecular flexibility index (Phi) is 3.82. The van der Waals surface area contributed by atoms with Crippen LogP contribution < -0.4 is 19.7 Å². The number of nitrogens with one attached hydrogen (secondary N) is 1. The molecule has 1 saturated heterocycles. The monoisotopic (exact) mass is 334 g/mol. The maximum atomic E-state index is 12.5. The first-order chi connectivity index (χ1) is 11.3. The van der Waals surface area contributed by atoms with Crippen molar-refractivity contribution >= 4 is 23.6 Å². The number of methoxy groups -OCH3 is 1. The molecule has 0 aliphatic carbocycles. The van der Waals surface area contributed by atoms with Crippen LogP contribution in [0.5, 0.6) is 11.5 Å². The molecule has 3 amide bonds. The molecule has 8 heteroatoms. The summed E-state index contributed by atoms with van der Waals surface area (Å²) in [6, 6.07) is 3.57. The summed E-state index contributed by atoms with van der Waals surface area (Å²) in [4.78, 5) is 36.9. The number of amides is 3. The van der Waals surface area contributed by atoms with Crippen LogP contribution in [0.15, 0.2) is 18.2 Å². The van der Waals surface area contributed by atoms with Gasteiger partial charge in [-0.25, -0.2) is 9.69 Å². The fourth-order valence-electron chi connectivity index (χ4n) is 2.69. The molecule has 0 spiro atoms. The van der Waals surface area contributed by atoms with Crippen molar-refractivity contribution in [2.24, 2.45) is 0 Å². The number of benzene rings is 1. The molecule has 0 aromatic heterocycles. The van der Waals surface area contributed by atoms with Crippen molar-refractivity contribution < 1.29 is 28.6 Å². The van der Waals surface area contributed by atoms with Crippen LogP contribution in [-0.2, 0) is 14.3 Å². The van der Waals surface area contributed by atoms with Crippen LogP contribution in [0.3, 0.4) is 0 Å². The number of nitrogens with zero attached hydrogens (tertiary/aromatic N) is 1. The van der Waals surface area contributed by atoms with E-state index in [2.05, 4.69) is 10.1 Å². The SMILES string of the molecule is COC(=O)CC[C@H]1NC(=O)N(c2ccc3c(c2)OC(C)(C)O3)C1=O. The fourth-order valence-corrected chi connectivity index (χ4v) is 2.69. The smallest absolute Gasteiger partial charge is 0.329 e.